The van der Waals surface area contributed by atoms with E-state index < -0.39 is 5.97 Å². The van der Waals surface area contributed by atoms with Gasteiger partial charge in [0.25, 0.3) is 0 Å². The number of aromatic nitrogens is 2. The van der Waals surface area contributed by atoms with Crippen LogP contribution in [0.25, 0.3) is 20.8 Å². The zero-order chi connectivity index (χ0) is 25.4. The Bertz CT molecular complexity index is 1600. The molecule has 0 unspecified atom stereocenters. The maximum absolute atomic E-state index is 13.3. The SMILES string of the molecule is O=C(O)c1nc(-c2ccc3c(c2)N(C(=O)Nc2nc4ccccc4s2)CCC3)sc1Oc1ccccc1. The molecule has 3 aromatic carbocycles. The smallest absolute Gasteiger partial charge is 0.359 e. The number of hydrogen-bond donors (Lipinski definition) is 2. The molecule has 0 bridgehead atoms. The summed E-state index contributed by atoms with van der Waals surface area (Å²) in [6.07, 6.45) is 1.69. The van der Waals surface area contributed by atoms with Gasteiger partial charge in [-0.1, -0.05) is 65.1 Å². The van der Waals surface area contributed by atoms with E-state index in [1.165, 1.54) is 11.3 Å². The molecule has 0 spiro atoms. The summed E-state index contributed by atoms with van der Waals surface area (Å²) in [6.45, 7) is 0.563. The fourth-order valence-corrected chi connectivity index (χ4v) is 6.01. The molecule has 0 radical (unpaired) electrons. The van der Waals surface area contributed by atoms with Crippen molar-refractivity contribution in [2.45, 2.75) is 12.8 Å². The largest absolute Gasteiger partial charge is 0.476 e. The lowest BCUT2D eigenvalue weighted by molar-refractivity contribution is 0.0689. The molecule has 1 aliphatic rings. The molecule has 10 heteroatoms. The van der Waals surface area contributed by atoms with Crippen molar-refractivity contribution in [1.29, 1.82) is 0 Å². The quantitative estimate of drug-likeness (QED) is 0.257. The number of aryl methyl sites for hydroxylation is 1. The van der Waals surface area contributed by atoms with E-state index in [1.807, 2.05) is 60.7 Å². The summed E-state index contributed by atoms with van der Waals surface area (Å²) in [4.78, 5) is 35.7. The van der Waals surface area contributed by atoms with E-state index >= 15 is 0 Å². The molecule has 8 nitrogen and oxygen atoms in total. The topological polar surface area (TPSA) is 105 Å². The zero-order valence-electron chi connectivity index (χ0n) is 19.4. The molecule has 0 saturated heterocycles. The average molecular weight is 529 g/mol. The summed E-state index contributed by atoms with van der Waals surface area (Å²) in [5.41, 5.74) is 3.24. The second-order valence-electron chi connectivity index (χ2n) is 8.39. The van der Waals surface area contributed by atoms with Gasteiger partial charge in [-0.2, -0.15) is 0 Å². The predicted molar refractivity (Wildman–Crippen MR) is 145 cm³/mol. The summed E-state index contributed by atoms with van der Waals surface area (Å²) >= 11 is 2.59. The number of carboxylic acids is 1. The number of carbonyl (C=O) groups is 2. The number of carbonyl (C=O) groups excluding carboxylic acids is 1. The summed E-state index contributed by atoms with van der Waals surface area (Å²) in [6, 6.07) is 22.3. The van der Waals surface area contributed by atoms with Crippen molar-refractivity contribution in [3.63, 3.8) is 0 Å². The van der Waals surface area contributed by atoms with Gasteiger partial charge in [0.15, 0.2) is 5.13 Å². The van der Waals surface area contributed by atoms with Crippen LogP contribution in [-0.2, 0) is 6.42 Å². The fourth-order valence-electron chi connectivity index (χ4n) is 4.23. The van der Waals surface area contributed by atoms with E-state index in [1.54, 1.807) is 17.0 Å². The Hall–Kier alpha value is -4.28. The van der Waals surface area contributed by atoms with E-state index in [0.29, 0.717) is 28.0 Å². The highest BCUT2D eigenvalue weighted by Crippen LogP contribution is 2.39. The molecule has 2 aromatic heterocycles. The van der Waals surface area contributed by atoms with Gasteiger partial charge < -0.3 is 9.84 Å². The third-order valence-electron chi connectivity index (χ3n) is 5.96. The normalized spacial score (nSPS) is 12.8. The van der Waals surface area contributed by atoms with Crippen LogP contribution in [0.2, 0.25) is 0 Å². The van der Waals surface area contributed by atoms with Gasteiger partial charge in [0, 0.05) is 17.8 Å². The van der Waals surface area contributed by atoms with Crippen LogP contribution in [0.3, 0.4) is 0 Å². The Morgan fingerprint density at radius 3 is 2.59 bits per heavy atom. The molecule has 0 atom stereocenters. The second-order valence-corrected chi connectivity index (χ2v) is 10.4. The number of nitrogens with zero attached hydrogens (tertiary/aromatic N) is 3. The number of aromatic carboxylic acids is 1. The Kier molecular flexibility index (Phi) is 6.03. The first-order valence-corrected chi connectivity index (χ1v) is 13.2. The highest BCUT2D eigenvalue weighted by molar-refractivity contribution is 7.22. The minimum atomic E-state index is -1.16. The molecule has 6 rings (SSSR count). The Balaban J connectivity index is 1.30. The molecule has 1 aliphatic heterocycles. The lowest BCUT2D eigenvalue weighted by atomic mass is 10.00. The number of anilines is 2. The number of fused-ring (bicyclic) bond motifs is 2. The molecule has 2 amide bonds. The first-order chi connectivity index (χ1) is 18.0. The average Bonchev–Trinajstić information content (AvgIpc) is 3.52. The minimum absolute atomic E-state index is 0.146. The molecule has 5 aromatic rings. The van der Waals surface area contributed by atoms with Gasteiger partial charge in [0.1, 0.15) is 10.8 Å². The van der Waals surface area contributed by atoms with E-state index in [9.17, 15) is 14.7 Å². The molecule has 37 heavy (non-hydrogen) atoms. The summed E-state index contributed by atoms with van der Waals surface area (Å²) in [7, 11) is 0. The number of hydrogen-bond acceptors (Lipinski definition) is 7. The number of thiazole rings is 2. The number of benzene rings is 3. The lowest BCUT2D eigenvalue weighted by Crippen LogP contribution is -2.38. The van der Waals surface area contributed by atoms with Gasteiger partial charge in [-0.3, -0.25) is 10.2 Å². The number of urea groups is 1. The summed E-state index contributed by atoms with van der Waals surface area (Å²) in [5, 5.41) is 13.9. The highest BCUT2D eigenvalue weighted by atomic mass is 32.1. The van der Waals surface area contributed by atoms with Gasteiger partial charge in [-0.05, 0) is 48.7 Å². The maximum atomic E-state index is 13.3. The molecule has 3 heterocycles. The number of nitrogens with one attached hydrogen (secondary N) is 1. The zero-order valence-corrected chi connectivity index (χ0v) is 21.0. The number of ether oxygens (including phenoxy) is 1. The van der Waals surface area contributed by atoms with Crippen molar-refractivity contribution in [2.24, 2.45) is 0 Å². The van der Waals surface area contributed by atoms with Crippen molar-refractivity contribution in [3.05, 3.63) is 84.1 Å². The van der Waals surface area contributed by atoms with E-state index in [-0.39, 0.29) is 16.8 Å². The van der Waals surface area contributed by atoms with Gasteiger partial charge >= 0.3 is 12.0 Å². The van der Waals surface area contributed by atoms with Crippen LogP contribution in [0, 0.1) is 0 Å². The molecule has 0 saturated carbocycles. The molecular weight excluding hydrogens is 508 g/mol. The van der Waals surface area contributed by atoms with E-state index in [0.717, 1.165) is 45.6 Å². The molecule has 184 valence electrons. The number of rotatable bonds is 5. The number of amides is 2. The van der Waals surface area contributed by atoms with Gasteiger partial charge in [0.2, 0.25) is 10.8 Å². The monoisotopic (exact) mass is 528 g/mol. The second kappa shape index (κ2) is 9.64. The van der Waals surface area contributed by atoms with Gasteiger partial charge in [0.05, 0.1) is 10.2 Å². The summed E-state index contributed by atoms with van der Waals surface area (Å²) < 4.78 is 6.84. The molecule has 0 aliphatic carbocycles. The standard InChI is InChI=1S/C27H20N4O4S2/c32-24(33)22-25(35-18-8-2-1-3-9-18)37-23(29-22)17-13-12-16-7-6-14-31(20(16)15-17)27(34)30-26-28-19-10-4-5-11-21(19)36-26/h1-5,8-13,15H,6-7,14H2,(H,32,33)(H,28,30,34). The minimum Gasteiger partial charge on any atom is -0.476 e. The van der Waals surface area contributed by atoms with Crippen molar-refractivity contribution < 1.29 is 19.4 Å². The number of carboxylic acid groups (broad SMARTS) is 1. The molecule has 2 N–H and O–H groups in total. The van der Waals surface area contributed by atoms with Crippen LogP contribution >= 0.6 is 22.7 Å². The van der Waals surface area contributed by atoms with Crippen LogP contribution < -0.4 is 15.0 Å². The van der Waals surface area contributed by atoms with Crippen LogP contribution in [0.5, 0.6) is 10.8 Å². The first-order valence-electron chi connectivity index (χ1n) is 11.6. The van der Waals surface area contributed by atoms with Crippen molar-refractivity contribution in [3.8, 4) is 21.4 Å². The number of para-hydroxylation sites is 2. The molecule has 0 fully saturated rings. The van der Waals surface area contributed by atoms with Crippen LogP contribution in [-0.4, -0.2) is 33.6 Å². The van der Waals surface area contributed by atoms with E-state index in [2.05, 4.69) is 15.3 Å². The van der Waals surface area contributed by atoms with E-state index in [4.69, 9.17) is 4.74 Å². The van der Waals surface area contributed by atoms with Crippen molar-refractivity contribution in [2.75, 3.05) is 16.8 Å². The Labute approximate surface area is 219 Å². The third kappa shape index (κ3) is 4.64. The maximum Gasteiger partial charge on any atom is 0.359 e. The Morgan fingerprint density at radius 2 is 1.78 bits per heavy atom. The lowest BCUT2D eigenvalue weighted by Gasteiger charge is -2.29. The summed E-state index contributed by atoms with van der Waals surface area (Å²) in [5.74, 6) is -0.633. The van der Waals surface area contributed by atoms with Crippen molar-refractivity contribution in [1.82, 2.24) is 9.97 Å². The van der Waals surface area contributed by atoms with Crippen LogP contribution in [0.1, 0.15) is 22.5 Å². The Morgan fingerprint density at radius 1 is 0.973 bits per heavy atom. The van der Waals surface area contributed by atoms with Gasteiger partial charge in [-0.15, -0.1) is 0 Å². The van der Waals surface area contributed by atoms with Crippen LogP contribution in [0.4, 0.5) is 15.6 Å². The highest BCUT2D eigenvalue weighted by Gasteiger charge is 2.26. The molecular formula is C27H20N4O4S2. The third-order valence-corrected chi connectivity index (χ3v) is 7.89. The van der Waals surface area contributed by atoms with Crippen molar-refractivity contribution >= 4 is 55.7 Å². The fraction of sp³-hybridized carbons (Fsp3) is 0.111. The van der Waals surface area contributed by atoms with Crippen LogP contribution in [0.15, 0.2) is 72.8 Å². The predicted octanol–water partition coefficient (Wildman–Crippen LogP) is 6.90. The first kappa shape index (κ1) is 23.1. The van der Waals surface area contributed by atoms with Gasteiger partial charge in [-0.25, -0.2) is 19.6 Å².